The summed E-state index contributed by atoms with van der Waals surface area (Å²) in [6, 6.07) is 31.9. The van der Waals surface area contributed by atoms with E-state index in [1.807, 2.05) is 44.2 Å². The Bertz CT molecular complexity index is 1570. The molecule has 0 aliphatic heterocycles. The third-order valence-electron chi connectivity index (χ3n) is 6.09. The minimum absolute atomic E-state index is 0.0916. The molecule has 0 bridgehead atoms. The number of benzene rings is 3. The molecule has 5 rings (SSSR count). The fourth-order valence-electron chi connectivity index (χ4n) is 4.14. The van der Waals surface area contributed by atoms with Crippen LogP contribution in [0.3, 0.4) is 0 Å². The summed E-state index contributed by atoms with van der Waals surface area (Å²) < 4.78 is 18.4. The molecule has 45 heavy (non-hydrogen) atoms. The van der Waals surface area contributed by atoms with Gasteiger partial charge in [0.05, 0.1) is 6.26 Å². The van der Waals surface area contributed by atoms with Crippen LogP contribution in [0.25, 0.3) is 11.6 Å². The number of rotatable bonds is 9. The molecule has 0 radical (unpaired) electrons. The molecule has 0 unspecified atom stereocenters. The van der Waals surface area contributed by atoms with Gasteiger partial charge in [-0.3, -0.25) is 4.79 Å². The van der Waals surface area contributed by atoms with Crippen LogP contribution in [0.2, 0.25) is 0 Å². The van der Waals surface area contributed by atoms with Crippen LogP contribution in [-0.2, 0) is 24.3 Å². The number of amides is 1. The topological polar surface area (TPSA) is 95.6 Å². The van der Waals surface area contributed by atoms with Crippen molar-refractivity contribution in [1.29, 1.82) is 0 Å². The molecule has 8 nitrogen and oxygen atoms in total. The first kappa shape index (κ1) is 34.4. The average molecular weight is 610 g/mol. The molecule has 2 aromatic heterocycles. The van der Waals surface area contributed by atoms with E-state index in [0.29, 0.717) is 18.9 Å². The fraction of sp³-hybridized carbons (Fsp3) is 0.270. The number of nitrogens with one attached hydrogen (secondary N) is 1. The van der Waals surface area contributed by atoms with E-state index in [9.17, 15) is 9.59 Å². The number of alkyl carbamates (subject to hydrolysis) is 1. The van der Waals surface area contributed by atoms with Gasteiger partial charge in [-0.15, -0.1) is 0 Å². The largest absolute Gasteiger partial charge is 0.481 e. The lowest BCUT2D eigenvalue weighted by atomic mass is 10.1. The van der Waals surface area contributed by atoms with Crippen molar-refractivity contribution < 1.29 is 18.7 Å². The van der Waals surface area contributed by atoms with E-state index < -0.39 is 11.7 Å². The molecular formula is C37H43N3O5. The zero-order valence-corrected chi connectivity index (χ0v) is 26.7. The van der Waals surface area contributed by atoms with Crippen LogP contribution in [0.5, 0.6) is 5.75 Å². The molecule has 0 aliphatic rings. The van der Waals surface area contributed by atoms with Crippen molar-refractivity contribution in [2.75, 3.05) is 6.54 Å². The Morgan fingerprint density at radius 2 is 1.40 bits per heavy atom. The highest BCUT2D eigenvalue weighted by atomic mass is 16.6. The van der Waals surface area contributed by atoms with E-state index in [2.05, 4.69) is 71.0 Å². The highest BCUT2D eigenvalue weighted by Crippen LogP contribution is 2.26. The first-order chi connectivity index (χ1) is 21.8. The Morgan fingerprint density at radius 3 is 1.96 bits per heavy atom. The standard InChI is InChI=1S/C22H25N3O5.C13H12.C2H6/c1-22(2,3)30-21(27)24-11-13-25-12-10-23-20(25)19-18(17(26)9-14-28-19)29-15-16-7-5-4-6-8-16;1-3-7-12(8-4-1)11-13-9-5-2-6-10-13;1-2/h4-10,12,14H,11,13,15H2,1-3H3,(H,24,27);1-10H,11H2;1-2H3. The average Bonchev–Trinajstić information content (AvgIpc) is 3.51. The van der Waals surface area contributed by atoms with Crippen molar-refractivity contribution in [2.45, 2.75) is 59.8 Å². The Hall–Kier alpha value is -5.11. The number of hydrogen-bond acceptors (Lipinski definition) is 6. The summed E-state index contributed by atoms with van der Waals surface area (Å²) in [6.07, 6.45) is 5.17. The lowest BCUT2D eigenvalue weighted by Crippen LogP contribution is -2.34. The lowest BCUT2D eigenvalue weighted by molar-refractivity contribution is 0.0526. The van der Waals surface area contributed by atoms with E-state index in [-0.39, 0.29) is 23.5 Å². The third kappa shape index (κ3) is 11.8. The molecule has 0 spiro atoms. The smallest absolute Gasteiger partial charge is 0.407 e. The van der Waals surface area contributed by atoms with E-state index in [4.69, 9.17) is 13.9 Å². The van der Waals surface area contributed by atoms with Gasteiger partial charge in [0.15, 0.2) is 5.82 Å². The molecule has 0 aliphatic carbocycles. The molecule has 5 aromatic rings. The van der Waals surface area contributed by atoms with Crippen LogP contribution in [-0.4, -0.2) is 27.8 Å². The van der Waals surface area contributed by atoms with E-state index in [0.717, 1.165) is 12.0 Å². The van der Waals surface area contributed by atoms with Gasteiger partial charge in [0.25, 0.3) is 0 Å². The van der Waals surface area contributed by atoms with Crippen LogP contribution in [0.1, 0.15) is 51.3 Å². The molecule has 1 amide bonds. The first-order valence-corrected chi connectivity index (χ1v) is 15.1. The summed E-state index contributed by atoms with van der Waals surface area (Å²) in [5.41, 5.74) is 2.80. The number of carbonyl (C=O) groups excluding carboxylic acids is 1. The number of carbonyl (C=O) groups is 1. The summed E-state index contributed by atoms with van der Waals surface area (Å²) in [5.74, 6) is 0.761. The van der Waals surface area contributed by atoms with E-state index >= 15 is 0 Å². The monoisotopic (exact) mass is 609 g/mol. The molecule has 0 atom stereocenters. The van der Waals surface area contributed by atoms with Gasteiger partial charge in [0.1, 0.15) is 12.2 Å². The summed E-state index contributed by atoms with van der Waals surface area (Å²) in [6.45, 7) is 10.4. The van der Waals surface area contributed by atoms with E-state index in [1.54, 1.807) is 37.7 Å². The normalized spacial score (nSPS) is 10.4. The van der Waals surface area contributed by atoms with Gasteiger partial charge in [-0.1, -0.05) is 105 Å². The maximum Gasteiger partial charge on any atom is 0.407 e. The van der Waals surface area contributed by atoms with Gasteiger partial charge < -0.3 is 23.8 Å². The van der Waals surface area contributed by atoms with Gasteiger partial charge in [-0.2, -0.15) is 0 Å². The molecule has 236 valence electrons. The molecular weight excluding hydrogens is 566 g/mol. The number of hydrogen-bond donors (Lipinski definition) is 1. The van der Waals surface area contributed by atoms with Crippen molar-refractivity contribution in [2.24, 2.45) is 0 Å². The summed E-state index contributed by atoms with van der Waals surface area (Å²) >= 11 is 0. The van der Waals surface area contributed by atoms with Gasteiger partial charge >= 0.3 is 6.09 Å². The molecule has 0 saturated carbocycles. The van der Waals surface area contributed by atoms with Crippen molar-refractivity contribution in [3.63, 3.8) is 0 Å². The van der Waals surface area contributed by atoms with Crippen molar-refractivity contribution in [3.8, 4) is 17.3 Å². The fourth-order valence-corrected chi connectivity index (χ4v) is 4.14. The predicted octanol–water partition coefficient (Wildman–Crippen LogP) is 7.91. The summed E-state index contributed by atoms with van der Waals surface area (Å²) in [4.78, 5) is 28.5. The van der Waals surface area contributed by atoms with Gasteiger partial charge in [-0.05, 0) is 43.9 Å². The molecule has 0 fully saturated rings. The second-order valence-corrected chi connectivity index (χ2v) is 10.7. The molecule has 3 aromatic carbocycles. The second kappa shape index (κ2) is 17.9. The Kier molecular flexibility index (Phi) is 13.7. The lowest BCUT2D eigenvalue weighted by Gasteiger charge is -2.19. The number of ether oxygens (including phenoxy) is 2. The quantitative estimate of drug-likeness (QED) is 0.182. The van der Waals surface area contributed by atoms with Crippen molar-refractivity contribution in [1.82, 2.24) is 14.9 Å². The molecule has 2 heterocycles. The van der Waals surface area contributed by atoms with Crippen LogP contribution in [0.15, 0.2) is 125 Å². The zero-order valence-electron chi connectivity index (χ0n) is 26.7. The molecule has 8 heteroatoms. The maximum absolute atomic E-state index is 12.4. The first-order valence-electron chi connectivity index (χ1n) is 15.1. The van der Waals surface area contributed by atoms with Crippen LogP contribution in [0, 0.1) is 0 Å². The number of nitrogens with zero attached hydrogens (tertiary/aromatic N) is 2. The summed E-state index contributed by atoms with van der Waals surface area (Å²) in [7, 11) is 0. The van der Waals surface area contributed by atoms with Gasteiger partial charge in [0.2, 0.25) is 16.9 Å². The van der Waals surface area contributed by atoms with Gasteiger partial charge in [0, 0.05) is 31.5 Å². The minimum atomic E-state index is -0.567. The van der Waals surface area contributed by atoms with Crippen LogP contribution in [0.4, 0.5) is 4.79 Å². The van der Waals surface area contributed by atoms with Crippen LogP contribution < -0.4 is 15.5 Å². The molecule has 0 saturated heterocycles. The Balaban J connectivity index is 0.000000305. The highest BCUT2D eigenvalue weighted by molar-refractivity contribution is 5.67. The highest BCUT2D eigenvalue weighted by Gasteiger charge is 2.19. The number of imidazole rings is 1. The summed E-state index contributed by atoms with van der Waals surface area (Å²) in [5, 5.41) is 2.70. The van der Waals surface area contributed by atoms with Gasteiger partial charge in [-0.25, -0.2) is 9.78 Å². The Morgan fingerprint density at radius 1 is 0.844 bits per heavy atom. The SMILES string of the molecule is CC.CC(C)(C)OC(=O)NCCn1ccnc1-c1occc(=O)c1OCc1ccccc1.c1ccc(Cc2ccccc2)cc1. The Labute approximate surface area is 265 Å². The number of aromatic nitrogens is 2. The minimum Gasteiger partial charge on any atom is -0.481 e. The van der Waals surface area contributed by atoms with Crippen molar-refractivity contribution in [3.05, 3.63) is 143 Å². The molecule has 1 N–H and O–H groups in total. The third-order valence-corrected chi connectivity index (χ3v) is 6.09. The predicted molar refractivity (Wildman–Crippen MR) is 178 cm³/mol. The zero-order chi connectivity index (χ0) is 32.5. The van der Waals surface area contributed by atoms with Crippen molar-refractivity contribution >= 4 is 6.09 Å². The maximum atomic E-state index is 12.4. The second-order valence-electron chi connectivity index (χ2n) is 10.7. The van der Waals surface area contributed by atoms with Crippen LogP contribution >= 0.6 is 0 Å². The van der Waals surface area contributed by atoms with E-state index in [1.165, 1.54) is 23.5 Å².